The van der Waals surface area contributed by atoms with Crippen LogP contribution in [0.25, 0.3) is 21.6 Å². The van der Waals surface area contributed by atoms with Crippen LogP contribution in [-0.4, -0.2) is 16.5 Å². The Balaban J connectivity index is 2.15. The van der Waals surface area contributed by atoms with Crippen molar-refractivity contribution < 1.29 is 4.74 Å². The third kappa shape index (κ3) is 2.54. The fourth-order valence-electron chi connectivity index (χ4n) is 2.35. The average Bonchev–Trinajstić information content (AvgIpc) is 3.00. The highest BCUT2D eigenvalue weighted by Crippen LogP contribution is 2.38. The minimum absolute atomic E-state index is 0.913. The summed E-state index contributed by atoms with van der Waals surface area (Å²) in [6.07, 6.45) is 5.55. The molecular formula is C17H16N2OS. The number of rotatable bonds is 3. The monoisotopic (exact) mass is 296 g/mol. The first-order valence-corrected chi connectivity index (χ1v) is 7.48. The number of pyridine rings is 1. The van der Waals surface area contributed by atoms with Gasteiger partial charge in [-0.25, -0.2) is 0 Å². The largest absolute Gasteiger partial charge is 0.496 e. The average molecular weight is 296 g/mol. The highest BCUT2D eigenvalue weighted by Gasteiger charge is 2.13. The highest BCUT2D eigenvalue weighted by molar-refractivity contribution is 7.10. The quantitative estimate of drug-likeness (QED) is 0.714. The second-order valence-electron chi connectivity index (χ2n) is 4.93. The minimum atomic E-state index is 0.913. The summed E-state index contributed by atoms with van der Waals surface area (Å²) in [5.41, 5.74) is 5.72. The van der Waals surface area contributed by atoms with E-state index in [1.807, 2.05) is 18.5 Å². The van der Waals surface area contributed by atoms with Gasteiger partial charge in [-0.2, -0.15) is 4.37 Å². The molecule has 0 atom stereocenters. The van der Waals surface area contributed by atoms with Gasteiger partial charge in [-0.15, -0.1) is 0 Å². The Bertz CT molecular complexity index is 766. The number of benzene rings is 1. The standard InChI is InChI=1S/C17H16N2OS/c1-11-7-14(8-16(20-3)12(11)2)17-15(10-19-21-17)13-5-4-6-18-9-13/h4-10H,1-3H3. The first-order valence-electron chi connectivity index (χ1n) is 6.71. The van der Waals surface area contributed by atoms with Gasteiger partial charge >= 0.3 is 0 Å². The molecule has 0 spiro atoms. The minimum Gasteiger partial charge on any atom is -0.496 e. The van der Waals surface area contributed by atoms with Crippen molar-refractivity contribution in [2.75, 3.05) is 7.11 Å². The van der Waals surface area contributed by atoms with E-state index in [0.717, 1.165) is 27.3 Å². The van der Waals surface area contributed by atoms with Crippen LogP contribution >= 0.6 is 11.5 Å². The molecule has 2 aromatic heterocycles. The SMILES string of the molecule is COc1cc(-c2sncc2-c2cccnc2)cc(C)c1C. The summed E-state index contributed by atoms with van der Waals surface area (Å²) >= 11 is 1.50. The molecule has 3 nitrogen and oxygen atoms in total. The summed E-state index contributed by atoms with van der Waals surface area (Å²) in [7, 11) is 1.71. The molecule has 0 N–H and O–H groups in total. The van der Waals surface area contributed by atoms with Crippen LogP contribution in [0.3, 0.4) is 0 Å². The molecule has 3 rings (SSSR count). The summed E-state index contributed by atoms with van der Waals surface area (Å²) in [6, 6.07) is 8.26. The second kappa shape index (κ2) is 5.66. The first kappa shape index (κ1) is 13.8. The number of ether oxygens (including phenoxy) is 1. The van der Waals surface area contributed by atoms with E-state index < -0.39 is 0 Å². The fraction of sp³-hybridized carbons (Fsp3) is 0.176. The van der Waals surface area contributed by atoms with Gasteiger partial charge in [0.15, 0.2) is 0 Å². The van der Waals surface area contributed by atoms with Gasteiger partial charge in [-0.1, -0.05) is 12.1 Å². The maximum atomic E-state index is 5.48. The van der Waals surface area contributed by atoms with Crippen molar-refractivity contribution in [1.82, 2.24) is 9.36 Å². The number of nitrogens with zero attached hydrogens (tertiary/aromatic N) is 2. The Morgan fingerprint density at radius 3 is 2.67 bits per heavy atom. The Hall–Kier alpha value is -2.20. The number of hydrogen-bond donors (Lipinski definition) is 0. The van der Waals surface area contributed by atoms with Crippen molar-refractivity contribution in [1.29, 1.82) is 0 Å². The molecule has 1 aromatic carbocycles. The van der Waals surface area contributed by atoms with Crippen LogP contribution in [0.2, 0.25) is 0 Å². The van der Waals surface area contributed by atoms with Gasteiger partial charge in [0.25, 0.3) is 0 Å². The maximum absolute atomic E-state index is 5.48. The molecule has 0 radical (unpaired) electrons. The lowest BCUT2D eigenvalue weighted by molar-refractivity contribution is 0.411. The van der Waals surface area contributed by atoms with Crippen LogP contribution in [0.4, 0.5) is 0 Å². The van der Waals surface area contributed by atoms with Crippen LogP contribution in [-0.2, 0) is 0 Å². The van der Waals surface area contributed by atoms with Crippen molar-refractivity contribution in [3.05, 3.63) is 54.0 Å². The molecule has 0 aliphatic heterocycles. The number of methoxy groups -OCH3 is 1. The van der Waals surface area contributed by atoms with Crippen LogP contribution < -0.4 is 4.74 Å². The van der Waals surface area contributed by atoms with E-state index in [4.69, 9.17) is 4.74 Å². The number of hydrogen-bond acceptors (Lipinski definition) is 4. The van der Waals surface area contributed by atoms with Crippen LogP contribution in [0.5, 0.6) is 5.75 Å². The van der Waals surface area contributed by atoms with Crippen molar-refractivity contribution in [2.45, 2.75) is 13.8 Å². The van der Waals surface area contributed by atoms with Crippen LogP contribution in [0.15, 0.2) is 42.9 Å². The van der Waals surface area contributed by atoms with Gasteiger partial charge in [0.2, 0.25) is 0 Å². The van der Waals surface area contributed by atoms with Gasteiger partial charge in [0, 0.05) is 29.7 Å². The van der Waals surface area contributed by atoms with E-state index in [9.17, 15) is 0 Å². The molecule has 21 heavy (non-hydrogen) atoms. The predicted molar refractivity (Wildman–Crippen MR) is 86.8 cm³/mol. The van der Waals surface area contributed by atoms with Gasteiger partial charge in [0.1, 0.15) is 5.75 Å². The van der Waals surface area contributed by atoms with Gasteiger partial charge in [0.05, 0.1) is 12.0 Å². The van der Waals surface area contributed by atoms with Crippen molar-refractivity contribution >= 4 is 11.5 Å². The van der Waals surface area contributed by atoms with E-state index in [1.165, 1.54) is 22.7 Å². The summed E-state index contributed by atoms with van der Waals surface area (Å²) in [6.45, 7) is 4.18. The molecule has 0 unspecified atom stereocenters. The lowest BCUT2D eigenvalue weighted by Gasteiger charge is -2.11. The predicted octanol–water partition coefficient (Wildman–Crippen LogP) is 4.50. The summed E-state index contributed by atoms with van der Waals surface area (Å²) < 4.78 is 9.84. The van der Waals surface area contributed by atoms with E-state index >= 15 is 0 Å². The van der Waals surface area contributed by atoms with Crippen molar-refractivity contribution in [3.63, 3.8) is 0 Å². The molecule has 0 aliphatic carbocycles. The zero-order valence-corrected chi connectivity index (χ0v) is 13.1. The Kier molecular flexibility index (Phi) is 3.71. The third-order valence-corrected chi connectivity index (χ3v) is 4.49. The molecular weight excluding hydrogens is 280 g/mol. The van der Waals surface area contributed by atoms with Crippen molar-refractivity contribution in [2.24, 2.45) is 0 Å². The second-order valence-corrected chi connectivity index (χ2v) is 5.73. The molecule has 3 aromatic rings. The fourth-order valence-corrected chi connectivity index (χ4v) is 3.10. The molecule has 0 fully saturated rings. The van der Waals surface area contributed by atoms with E-state index in [1.54, 1.807) is 13.3 Å². The molecule has 4 heteroatoms. The Labute approximate surface area is 128 Å². The molecule has 0 saturated carbocycles. The summed E-state index contributed by atoms with van der Waals surface area (Å²) in [4.78, 5) is 5.34. The van der Waals surface area contributed by atoms with E-state index in [2.05, 4.69) is 41.4 Å². The Morgan fingerprint density at radius 2 is 1.95 bits per heavy atom. The molecule has 106 valence electrons. The smallest absolute Gasteiger partial charge is 0.122 e. The lowest BCUT2D eigenvalue weighted by atomic mass is 10.0. The first-order chi connectivity index (χ1) is 10.2. The normalized spacial score (nSPS) is 10.6. The maximum Gasteiger partial charge on any atom is 0.122 e. The topological polar surface area (TPSA) is 35.0 Å². The number of aryl methyl sites for hydroxylation is 1. The lowest BCUT2D eigenvalue weighted by Crippen LogP contribution is -1.91. The molecule has 0 aliphatic rings. The zero-order chi connectivity index (χ0) is 14.8. The Morgan fingerprint density at radius 1 is 1.10 bits per heavy atom. The summed E-state index contributed by atoms with van der Waals surface area (Å²) in [5.74, 6) is 0.913. The van der Waals surface area contributed by atoms with E-state index in [-0.39, 0.29) is 0 Å². The molecule has 0 saturated heterocycles. The van der Waals surface area contributed by atoms with Crippen molar-refractivity contribution in [3.8, 4) is 27.3 Å². The highest BCUT2D eigenvalue weighted by atomic mass is 32.1. The van der Waals surface area contributed by atoms with Gasteiger partial charge in [-0.3, -0.25) is 4.98 Å². The third-order valence-electron chi connectivity index (χ3n) is 3.64. The molecule has 0 amide bonds. The van der Waals surface area contributed by atoms with Gasteiger partial charge in [-0.05, 0) is 54.2 Å². The zero-order valence-electron chi connectivity index (χ0n) is 12.3. The van der Waals surface area contributed by atoms with E-state index in [0.29, 0.717) is 0 Å². The molecule has 0 bridgehead atoms. The van der Waals surface area contributed by atoms with Crippen LogP contribution in [0, 0.1) is 13.8 Å². The molecule has 2 heterocycles. The number of aromatic nitrogens is 2. The van der Waals surface area contributed by atoms with Crippen LogP contribution in [0.1, 0.15) is 11.1 Å². The van der Waals surface area contributed by atoms with Gasteiger partial charge < -0.3 is 4.74 Å². The summed E-state index contributed by atoms with van der Waals surface area (Å²) in [5, 5.41) is 0.